The average Bonchev–Trinajstić information content (AvgIpc) is 2.73. The monoisotopic (exact) mass is 538 g/mol. The molecule has 0 aromatic heterocycles. The summed E-state index contributed by atoms with van der Waals surface area (Å²) < 4.78 is 30.7. The Morgan fingerprint density at radius 2 is 1.90 bits per heavy atom. The molecular formula is C20H35IN4O3S. The van der Waals surface area contributed by atoms with E-state index in [-0.39, 0.29) is 35.8 Å². The van der Waals surface area contributed by atoms with Gasteiger partial charge in [-0.3, -0.25) is 4.99 Å². The van der Waals surface area contributed by atoms with Gasteiger partial charge in [0.15, 0.2) is 5.96 Å². The molecule has 1 aromatic carbocycles. The molecule has 1 unspecified atom stereocenters. The van der Waals surface area contributed by atoms with E-state index in [0.29, 0.717) is 19.0 Å². The molecule has 0 bridgehead atoms. The van der Waals surface area contributed by atoms with Gasteiger partial charge in [0.25, 0.3) is 0 Å². The third kappa shape index (κ3) is 7.93. The quantitative estimate of drug-likeness (QED) is 0.302. The van der Waals surface area contributed by atoms with Gasteiger partial charge in [0.1, 0.15) is 5.75 Å². The average molecular weight is 538 g/mol. The van der Waals surface area contributed by atoms with Crippen LogP contribution in [-0.2, 0) is 10.0 Å². The van der Waals surface area contributed by atoms with Crippen LogP contribution < -0.4 is 15.4 Å². The van der Waals surface area contributed by atoms with E-state index in [2.05, 4.69) is 34.7 Å². The van der Waals surface area contributed by atoms with Crippen LogP contribution in [0, 0.1) is 0 Å². The smallest absolute Gasteiger partial charge is 0.213 e. The fourth-order valence-electron chi connectivity index (χ4n) is 3.36. The highest BCUT2D eigenvalue weighted by Crippen LogP contribution is 2.21. The van der Waals surface area contributed by atoms with Crippen LogP contribution >= 0.6 is 24.0 Å². The first kappa shape index (κ1) is 26.0. The summed E-state index contributed by atoms with van der Waals surface area (Å²) >= 11 is 0. The minimum atomic E-state index is -3.08. The molecule has 1 aromatic rings. The van der Waals surface area contributed by atoms with Gasteiger partial charge in [-0.25, -0.2) is 12.7 Å². The third-order valence-corrected chi connectivity index (χ3v) is 7.21. The first-order valence-corrected chi connectivity index (χ1v) is 11.6. The van der Waals surface area contributed by atoms with Crippen molar-refractivity contribution in [2.45, 2.75) is 45.1 Å². The number of piperidine rings is 1. The second-order valence-corrected chi connectivity index (χ2v) is 9.44. The molecule has 9 heteroatoms. The van der Waals surface area contributed by atoms with Crippen molar-refractivity contribution in [3.63, 3.8) is 0 Å². The van der Waals surface area contributed by atoms with Crippen LogP contribution in [0.2, 0.25) is 0 Å². The summed E-state index contributed by atoms with van der Waals surface area (Å²) in [7, 11) is 0.355. The lowest BCUT2D eigenvalue weighted by atomic mass is 9.98. The molecule has 0 amide bonds. The van der Waals surface area contributed by atoms with Crippen LogP contribution in [0.1, 0.15) is 44.6 Å². The van der Waals surface area contributed by atoms with Crippen molar-refractivity contribution < 1.29 is 13.2 Å². The van der Waals surface area contributed by atoms with Crippen molar-refractivity contribution in [1.29, 1.82) is 0 Å². The van der Waals surface area contributed by atoms with E-state index in [4.69, 9.17) is 4.74 Å². The summed E-state index contributed by atoms with van der Waals surface area (Å²) in [6.07, 6.45) is 2.57. The summed E-state index contributed by atoms with van der Waals surface area (Å²) in [5.74, 6) is 2.25. The molecule has 1 heterocycles. The van der Waals surface area contributed by atoms with Crippen LogP contribution in [0.15, 0.2) is 29.3 Å². The molecule has 0 radical (unpaired) electrons. The lowest BCUT2D eigenvalue weighted by molar-refractivity contribution is 0.306. The standard InChI is InChI=1S/C20H34N4O3S.HI/c1-5-28(25,26)24-14-11-18(12-15-24)23-20(21-3)22-13-10-16(2)17-6-8-19(27-4)9-7-17;/h6-9,16,18H,5,10-15H2,1-4H3,(H2,21,22,23);1H. The molecule has 1 saturated heterocycles. The Bertz CT molecular complexity index is 733. The van der Waals surface area contributed by atoms with E-state index >= 15 is 0 Å². The van der Waals surface area contributed by atoms with E-state index in [0.717, 1.165) is 37.5 Å². The summed E-state index contributed by atoms with van der Waals surface area (Å²) in [5, 5.41) is 6.80. The number of benzene rings is 1. The molecule has 0 aliphatic carbocycles. The van der Waals surface area contributed by atoms with Crippen molar-refractivity contribution in [1.82, 2.24) is 14.9 Å². The minimum absolute atomic E-state index is 0. The Hall–Kier alpha value is -1.07. The number of nitrogens with zero attached hydrogens (tertiary/aromatic N) is 2. The molecule has 1 atom stereocenters. The summed E-state index contributed by atoms with van der Waals surface area (Å²) in [4.78, 5) is 4.30. The van der Waals surface area contributed by atoms with Gasteiger partial charge < -0.3 is 15.4 Å². The zero-order chi connectivity index (χ0) is 20.6. The van der Waals surface area contributed by atoms with Crippen molar-refractivity contribution >= 4 is 40.0 Å². The highest BCUT2D eigenvalue weighted by atomic mass is 127. The molecule has 2 N–H and O–H groups in total. The molecule has 0 spiro atoms. The first-order chi connectivity index (χ1) is 13.4. The predicted octanol–water partition coefficient (Wildman–Crippen LogP) is 2.79. The summed E-state index contributed by atoms with van der Waals surface area (Å²) in [6.45, 7) is 5.86. The maximum atomic E-state index is 12.0. The van der Waals surface area contributed by atoms with Gasteiger partial charge in [-0.2, -0.15) is 0 Å². The van der Waals surface area contributed by atoms with Crippen molar-refractivity contribution in [2.75, 3.05) is 39.5 Å². The number of sulfonamides is 1. The highest BCUT2D eigenvalue weighted by molar-refractivity contribution is 14.0. The molecule has 7 nitrogen and oxygen atoms in total. The third-order valence-electron chi connectivity index (χ3n) is 5.33. The number of rotatable bonds is 8. The second kappa shape index (κ2) is 12.6. The Balaban J connectivity index is 0.00000420. The van der Waals surface area contributed by atoms with Gasteiger partial charge >= 0.3 is 0 Å². The molecule has 1 aliphatic heterocycles. The van der Waals surface area contributed by atoms with Gasteiger partial charge in [0.05, 0.1) is 12.9 Å². The molecular weight excluding hydrogens is 503 g/mol. The fourth-order valence-corrected chi connectivity index (χ4v) is 4.49. The number of hydrogen-bond donors (Lipinski definition) is 2. The SMILES string of the molecule is CCS(=O)(=O)N1CCC(NC(=NC)NCCC(C)c2ccc(OC)cc2)CC1.I. The van der Waals surface area contributed by atoms with Crippen molar-refractivity contribution in [2.24, 2.45) is 4.99 Å². The van der Waals surface area contributed by atoms with Crippen LogP contribution in [0.4, 0.5) is 0 Å². The predicted molar refractivity (Wildman–Crippen MR) is 130 cm³/mol. The van der Waals surface area contributed by atoms with E-state index < -0.39 is 10.0 Å². The van der Waals surface area contributed by atoms with E-state index in [9.17, 15) is 8.42 Å². The molecule has 1 fully saturated rings. The molecule has 0 saturated carbocycles. The second-order valence-electron chi connectivity index (χ2n) is 7.18. The zero-order valence-electron chi connectivity index (χ0n) is 17.8. The summed E-state index contributed by atoms with van der Waals surface area (Å²) in [5.41, 5.74) is 1.29. The fraction of sp³-hybridized carbons (Fsp3) is 0.650. The maximum absolute atomic E-state index is 12.0. The Morgan fingerprint density at radius 1 is 1.28 bits per heavy atom. The lowest BCUT2D eigenvalue weighted by Gasteiger charge is -2.32. The van der Waals surface area contributed by atoms with E-state index in [1.165, 1.54) is 5.56 Å². The van der Waals surface area contributed by atoms with Gasteiger partial charge in [0, 0.05) is 32.7 Å². The Labute approximate surface area is 192 Å². The van der Waals surface area contributed by atoms with Gasteiger partial charge in [0.2, 0.25) is 10.0 Å². The van der Waals surface area contributed by atoms with E-state index in [1.807, 2.05) is 12.1 Å². The normalized spacial score (nSPS) is 17.3. The number of guanidine groups is 1. The molecule has 2 rings (SSSR count). The van der Waals surface area contributed by atoms with Crippen LogP contribution in [-0.4, -0.2) is 64.3 Å². The first-order valence-electron chi connectivity index (χ1n) is 9.98. The highest BCUT2D eigenvalue weighted by Gasteiger charge is 2.26. The van der Waals surface area contributed by atoms with Crippen molar-refractivity contribution in [3.8, 4) is 5.75 Å². The van der Waals surface area contributed by atoms with Gasteiger partial charge in [-0.15, -0.1) is 24.0 Å². The maximum Gasteiger partial charge on any atom is 0.213 e. The topological polar surface area (TPSA) is 83.0 Å². The molecule has 29 heavy (non-hydrogen) atoms. The van der Waals surface area contributed by atoms with E-state index in [1.54, 1.807) is 25.4 Å². The molecule has 1 aliphatic rings. The van der Waals surface area contributed by atoms with Gasteiger partial charge in [-0.05, 0) is 49.8 Å². The Morgan fingerprint density at radius 3 is 2.41 bits per heavy atom. The summed E-state index contributed by atoms with van der Waals surface area (Å²) in [6, 6.07) is 8.44. The Kier molecular flexibility index (Phi) is 11.3. The zero-order valence-corrected chi connectivity index (χ0v) is 21.0. The number of methoxy groups -OCH3 is 1. The molecule has 166 valence electrons. The van der Waals surface area contributed by atoms with Crippen LogP contribution in [0.25, 0.3) is 0 Å². The number of aliphatic imine (C=N–C) groups is 1. The van der Waals surface area contributed by atoms with Crippen LogP contribution in [0.5, 0.6) is 5.75 Å². The number of halogens is 1. The number of ether oxygens (including phenoxy) is 1. The van der Waals surface area contributed by atoms with Gasteiger partial charge in [-0.1, -0.05) is 19.1 Å². The van der Waals surface area contributed by atoms with Crippen molar-refractivity contribution in [3.05, 3.63) is 29.8 Å². The minimum Gasteiger partial charge on any atom is -0.497 e. The number of nitrogens with one attached hydrogen (secondary N) is 2. The number of hydrogen-bond acceptors (Lipinski definition) is 4. The largest absolute Gasteiger partial charge is 0.497 e. The van der Waals surface area contributed by atoms with Crippen LogP contribution in [0.3, 0.4) is 0 Å². The lowest BCUT2D eigenvalue weighted by Crippen LogP contribution is -2.50.